The van der Waals surface area contributed by atoms with Crippen molar-refractivity contribution in [2.24, 2.45) is 0 Å². The van der Waals surface area contributed by atoms with Crippen molar-refractivity contribution in [1.82, 2.24) is 4.90 Å². The topological polar surface area (TPSA) is 73.2 Å². The normalized spacial score (nSPS) is 17.8. The highest BCUT2D eigenvalue weighted by molar-refractivity contribution is 9.09. The Kier molecular flexibility index (Phi) is 7.32. The summed E-state index contributed by atoms with van der Waals surface area (Å²) in [6.07, 6.45) is -1.44. The summed E-state index contributed by atoms with van der Waals surface area (Å²) in [6.45, 7) is 8.29. The van der Waals surface area contributed by atoms with Crippen LogP contribution in [0.1, 0.15) is 38.9 Å². The van der Waals surface area contributed by atoms with Crippen molar-refractivity contribution in [2.75, 3.05) is 36.4 Å². The molecule has 0 saturated carbocycles. The van der Waals surface area contributed by atoms with Crippen molar-refractivity contribution in [3.8, 4) is 0 Å². The van der Waals surface area contributed by atoms with Crippen LogP contribution in [0.3, 0.4) is 0 Å². The van der Waals surface area contributed by atoms with Gasteiger partial charge in [-0.05, 0) is 44.9 Å². The van der Waals surface area contributed by atoms with E-state index in [1.807, 2.05) is 45.0 Å². The summed E-state index contributed by atoms with van der Waals surface area (Å²) in [5.74, 6) is 0. The molecule has 2 atom stereocenters. The van der Waals surface area contributed by atoms with E-state index in [0.29, 0.717) is 30.4 Å². The van der Waals surface area contributed by atoms with Crippen LogP contribution in [0, 0.1) is 0 Å². The van der Waals surface area contributed by atoms with Gasteiger partial charge in [-0.25, -0.2) is 4.79 Å². The van der Waals surface area contributed by atoms with E-state index in [4.69, 9.17) is 4.74 Å². The van der Waals surface area contributed by atoms with Crippen LogP contribution >= 0.6 is 15.9 Å². The van der Waals surface area contributed by atoms with E-state index in [2.05, 4.69) is 20.8 Å². The number of hydrogen-bond donors (Lipinski definition) is 2. The second-order valence-electron chi connectivity index (χ2n) is 7.54. The smallest absolute Gasteiger partial charge is 0.410 e. The summed E-state index contributed by atoms with van der Waals surface area (Å²) >= 11 is 3.27. The van der Waals surface area contributed by atoms with E-state index in [-0.39, 0.29) is 6.09 Å². The summed E-state index contributed by atoms with van der Waals surface area (Å²) in [6, 6.07) is 7.58. The van der Waals surface area contributed by atoms with Gasteiger partial charge in [0.2, 0.25) is 0 Å². The van der Waals surface area contributed by atoms with Gasteiger partial charge in [-0.2, -0.15) is 0 Å². The Labute approximate surface area is 163 Å². The van der Waals surface area contributed by atoms with Crippen molar-refractivity contribution >= 4 is 27.7 Å². The summed E-state index contributed by atoms with van der Waals surface area (Å²) in [7, 11) is 0. The Hall–Kier alpha value is -1.31. The molecule has 2 N–H and O–H groups in total. The highest BCUT2D eigenvalue weighted by Crippen LogP contribution is 2.24. The lowest BCUT2D eigenvalue weighted by Gasteiger charge is -2.36. The van der Waals surface area contributed by atoms with Crippen molar-refractivity contribution < 1.29 is 19.7 Å². The van der Waals surface area contributed by atoms with E-state index < -0.39 is 17.8 Å². The van der Waals surface area contributed by atoms with E-state index in [1.165, 1.54) is 0 Å². The van der Waals surface area contributed by atoms with E-state index in [1.54, 1.807) is 4.90 Å². The number of carbonyl (C=O) groups is 1. The first kappa shape index (κ1) is 21.0. The largest absolute Gasteiger partial charge is 0.444 e. The van der Waals surface area contributed by atoms with E-state index in [9.17, 15) is 15.0 Å². The number of carbonyl (C=O) groups excluding carboxylic acids is 1. The van der Waals surface area contributed by atoms with Crippen LogP contribution in [0.15, 0.2) is 24.3 Å². The van der Waals surface area contributed by atoms with Crippen LogP contribution in [-0.4, -0.2) is 64.4 Å². The average Bonchev–Trinajstić information content (AvgIpc) is 2.60. The molecule has 0 spiro atoms. The van der Waals surface area contributed by atoms with Gasteiger partial charge in [-0.15, -0.1) is 0 Å². The number of piperazine rings is 1. The molecule has 6 nitrogen and oxygen atoms in total. The number of amides is 1. The lowest BCUT2D eigenvalue weighted by atomic mass is 10.0. The van der Waals surface area contributed by atoms with E-state index in [0.717, 1.165) is 18.8 Å². The van der Waals surface area contributed by atoms with Crippen molar-refractivity contribution in [2.45, 2.75) is 45.0 Å². The summed E-state index contributed by atoms with van der Waals surface area (Å²) in [5, 5.41) is 20.7. The Bertz CT molecular complexity index is 580. The van der Waals surface area contributed by atoms with Gasteiger partial charge in [0.05, 0.1) is 6.10 Å². The molecule has 1 aliphatic heterocycles. The van der Waals surface area contributed by atoms with Crippen LogP contribution in [0.25, 0.3) is 0 Å². The fourth-order valence-corrected chi connectivity index (χ4v) is 3.32. The predicted octanol–water partition coefficient (Wildman–Crippen LogP) is 2.92. The quantitative estimate of drug-likeness (QED) is 0.705. The Morgan fingerprint density at radius 2 is 1.73 bits per heavy atom. The number of ether oxygens (including phenoxy) is 1. The average molecular weight is 429 g/mol. The zero-order valence-corrected chi connectivity index (χ0v) is 17.3. The Morgan fingerprint density at radius 3 is 2.23 bits per heavy atom. The third-order valence-electron chi connectivity index (χ3n) is 4.30. The van der Waals surface area contributed by atoms with E-state index >= 15 is 0 Å². The summed E-state index contributed by atoms with van der Waals surface area (Å²) < 4.78 is 5.42. The lowest BCUT2D eigenvalue weighted by Crippen LogP contribution is -2.50. The second kappa shape index (κ2) is 9.06. The molecule has 1 aliphatic rings. The first-order valence-corrected chi connectivity index (χ1v) is 10.1. The summed E-state index contributed by atoms with van der Waals surface area (Å²) in [5.41, 5.74) is 1.26. The lowest BCUT2D eigenvalue weighted by molar-refractivity contribution is 0.0173. The van der Waals surface area contributed by atoms with Gasteiger partial charge in [0.15, 0.2) is 0 Å². The number of alkyl halides is 1. The van der Waals surface area contributed by atoms with Crippen LogP contribution < -0.4 is 4.90 Å². The number of benzene rings is 1. The minimum atomic E-state index is -0.884. The molecule has 146 valence electrons. The highest BCUT2D eigenvalue weighted by atomic mass is 79.9. The third kappa shape index (κ3) is 5.86. The zero-order chi connectivity index (χ0) is 19.3. The minimum Gasteiger partial charge on any atom is -0.444 e. The number of rotatable bonds is 5. The third-order valence-corrected chi connectivity index (χ3v) is 4.76. The molecule has 0 bridgehead atoms. The zero-order valence-electron chi connectivity index (χ0n) is 15.7. The number of hydrogen-bond acceptors (Lipinski definition) is 5. The molecule has 0 aromatic heterocycles. The molecule has 1 aromatic carbocycles. The molecule has 1 aromatic rings. The second-order valence-corrected chi connectivity index (χ2v) is 8.33. The molecule has 26 heavy (non-hydrogen) atoms. The van der Waals surface area contributed by atoms with Crippen LogP contribution in [0.2, 0.25) is 0 Å². The minimum absolute atomic E-state index is 0.267. The van der Waals surface area contributed by atoms with Crippen LogP contribution in [-0.2, 0) is 4.74 Å². The van der Waals surface area contributed by atoms with Gasteiger partial charge < -0.3 is 24.7 Å². The summed E-state index contributed by atoms with van der Waals surface area (Å²) in [4.78, 5) is 16.1. The van der Waals surface area contributed by atoms with Gasteiger partial charge in [-0.1, -0.05) is 28.1 Å². The Balaban J connectivity index is 1.90. The van der Waals surface area contributed by atoms with Gasteiger partial charge in [0, 0.05) is 37.2 Å². The van der Waals surface area contributed by atoms with Gasteiger partial charge in [0.25, 0.3) is 0 Å². The Morgan fingerprint density at radius 1 is 1.15 bits per heavy atom. The maximum atomic E-state index is 12.1. The van der Waals surface area contributed by atoms with Crippen molar-refractivity contribution in [1.29, 1.82) is 0 Å². The monoisotopic (exact) mass is 428 g/mol. The fourth-order valence-electron chi connectivity index (χ4n) is 2.85. The molecule has 1 saturated heterocycles. The first-order chi connectivity index (χ1) is 12.2. The molecule has 2 unspecified atom stereocenters. The SMILES string of the molecule is CC(C)(C)OC(=O)N1CCN(c2ccc(C(O)C(O)CCBr)cc2)CC1. The van der Waals surface area contributed by atoms with Crippen LogP contribution in [0.4, 0.5) is 10.5 Å². The molecule has 1 fully saturated rings. The highest BCUT2D eigenvalue weighted by Gasteiger charge is 2.26. The van der Waals surface area contributed by atoms with Gasteiger partial charge in [0.1, 0.15) is 11.7 Å². The molecule has 1 heterocycles. The standard InChI is InChI=1S/C19H29BrN2O4/c1-19(2,3)26-18(25)22-12-10-21(11-13-22)15-6-4-14(5-7-15)17(24)16(23)8-9-20/h4-7,16-17,23-24H,8-13H2,1-3H3. The number of nitrogens with zero attached hydrogens (tertiary/aromatic N) is 2. The molecular formula is C19H29BrN2O4. The predicted molar refractivity (Wildman–Crippen MR) is 106 cm³/mol. The number of anilines is 1. The maximum absolute atomic E-state index is 12.1. The molecule has 0 radical (unpaired) electrons. The van der Waals surface area contributed by atoms with Gasteiger partial charge >= 0.3 is 6.09 Å². The fraction of sp³-hybridized carbons (Fsp3) is 0.632. The van der Waals surface area contributed by atoms with Gasteiger partial charge in [-0.3, -0.25) is 0 Å². The number of halogens is 1. The molecular weight excluding hydrogens is 400 g/mol. The number of aliphatic hydroxyl groups is 2. The molecule has 2 rings (SSSR count). The molecule has 1 amide bonds. The molecule has 7 heteroatoms. The maximum Gasteiger partial charge on any atom is 0.410 e. The first-order valence-electron chi connectivity index (χ1n) is 8.96. The van der Waals surface area contributed by atoms with Crippen LogP contribution in [0.5, 0.6) is 0 Å². The molecule has 0 aliphatic carbocycles. The van der Waals surface area contributed by atoms with Crippen molar-refractivity contribution in [3.05, 3.63) is 29.8 Å². The number of aliphatic hydroxyl groups excluding tert-OH is 2. The van der Waals surface area contributed by atoms with Crippen molar-refractivity contribution in [3.63, 3.8) is 0 Å².